The molecule has 0 heterocycles. The van der Waals surface area contributed by atoms with Crippen LogP contribution in [0.2, 0.25) is 0 Å². The molecule has 5 nitrogen and oxygen atoms in total. The molecule has 2 aliphatic rings. The summed E-state index contributed by atoms with van der Waals surface area (Å²) in [4.78, 5) is 11.7. The van der Waals surface area contributed by atoms with Gasteiger partial charge in [0.25, 0.3) is 0 Å². The van der Waals surface area contributed by atoms with Crippen LogP contribution < -0.4 is 5.32 Å². The molecule has 6 heteroatoms. The summed E-state index contributed by atoms with van der Waals surface area (Å²) in [5.74, 6) is -0.0389. The van der Waals surface area contributed by atoms with Crippen LogP contribution >= 0.6 is 0 Å². The van der Waals surface area contributed by atoms with E-state index in [0.717, 1.165) is 32.1 Å². The van der Waals surface area contributed by atoms with E-state index in [0.29, 0.717) is 12.6 Å². The van der Waals surface area contributed by atoms with E-state index in [1.807, 2.05) is 0 Å². The maximum Gasteiger partial charge on any atom is 0.221 e. The topological polar surface area (TPSA) is 66.5 Å². The highest BCUT2D eigenvalue weighted by atomic mass is 32.2. The highest BCUT2D eigenvalue weighted by Crippen LogP contribution is 2.21. The summed E-state index contributed by atoms with van der Waals surface area (Å²) >= 11 is 0. The fourth-order valence-corrected chi connectivity index (χ4v) is 3.44. The molecule has 1 saturated carbocycles. The van der Waals surface area contributed by atoms with Gasteiger partial charge in [0.05, 0.1) is 6.26 Å². The molecule has 0 saturated heterocycles. The predicted octanol–water partition coefficient (Wildman–Crippen LogP) is 1.81. The molecular weight excluding hydrogens is 288 g/mol. The number of carbonyl (C=O) groups excluding carboxylic acids is 1. The third-order valence-electron chi connectivity index (χ3n) is 4.07. The normalized spacial score (nSPS) is 19.4. The summed E-state index contributed by atoms with van der Waals surface area (Å²) in [5.41, 5.74) is 1.36. The molecule has 2 aliphatic carbocycles. The number of carbonyl (C=O) groups is 1. The van der Waals surface area contributed by atoms with Gasteiger partial charge in [-0.3, -0.25) is 4.79 Å². The second-order valence-electron chi connectivity index (χ2n) is 6.11. The van der Waals surface area contributed by atoms with Crippen molar-refractivity contribution >= 4 is 15.9 Å². The van der Waals surface area contributed by atoms with Crippen molar-refractivity contribution in [2.45, 2.75) is 57.4 Å². The number of hydrogen-bond acceptors (Lipinski definition) is 3. The van der Waals surface area contributed by atoms with Crippen LogP contribution in [0.15, 0.2) is 11.6 Å². The zero-order valence-electron chi connectivity index (χ0n) is 12.8. The van der Waals surface area contributed by atoms with Crippen LogP contribution in [0.1, 0.15) is 51.4 Å². The van der Waals surface area contributed by atoms with Crippen molar-refractivity contribution in [3.8, 4) is 0 Å². The van der Waals surface area contributed by atoms with Crippen molar-refractivity contribution in [1.29, 1.82) is 0 Å². The molecule has 2 rings (SSSR count). The Hall–Kier alpha value is -0.880. The van der Waals surface area contributed by atoms with Crippen molar-refractivity contribution in [3.63, 3.8) is 0 Å². The number of allylic oxidation sites excluding steroid dienone is 1. The number of hydrogen-bond donors (Lipinski definition) is 1. The molecule has 0 bridgehead atoms. The van der Waals surface area contributed by atoms with Crippen LogP contribution in [0.25, 0.3) is 0 Å². The largest absolute Gasteiger partial charge is 0.353 e. The van der Waals surface area contributed by atoms with Gasteiger partial charge in [-0.15, -0.1) is 0 Å². The molecule has 0 spiro atoms. The van der Waals surface area contributed by atoms with E-state index < -0.39 is 10.0 Å². The monoisotopic (exact) mass is 314 g/mol. The molecule has 1 amide bonds. The summed E-state index contributed by atoms with van der Waals surface area (Å²) in [6.07, 6.45) is 11.2. The van der Waals surface area contributed by atoms with Crippen LogP contribution in [0.3, 0.4) is 0 Å². The van der Waals surface area contributed by atoms with Crippen LogP contribution in [-0.4, -0.2) is 44.0 Å². The minimum atomic E-state index is -3.25. The van der Waals surface area contributed by atoms with Gasteiger partial charge < -0.3 is 5.32 Å². The van der Waals surface area contributed by atoms with Gasteiger partial charge in [0.15, 0.2) is 0 Å². The van der Waals surface area contributed by atoms with Gasteiger partial charge in [-0.1, -0.05) is 11.6 Å². The maximum absolute atomic E-state index is 11.8. The average Bonchev–Trinajstić information content (AvgIpc) is 3.22. The quantitative estimate of drug-likeness (QED) is 0.695. The molecule has 0 aromatic heterocycles. The number of nitrogens with zero attached hydrogens (tertiary/aromatic N) is 1. The van der Waals surface area contributed by atoms with E-state index in [2.05, 4.69) is 11.4 Å². The van der Waals surface area contributed by atoms with Gasteiger partial charge in [-0.05, 0) is 44.9 Å². The Bertz CT molecular complexity index is 495. The van der Waals surface area contributed by atoms with Crippen LogP contribution in [-0.2, 0) is 14.8 Å². The van der Waals surface area contributed by atoms with E-state index in [9.17, 15) is 13.2 Å². The Morgan fingerprint density at radius 3 is 2.67 bits per heavy atom. The van der Waals surface area contributed by atoms with E-state index in [1.165, 1.54) is 29.0 Å². The Morgan fingerprint density at radius 1 is 1.33 bits per heavy atom. The Kier molecular flexibility index (Phi) is 5.81. The first-order chi connectivity index (χ1) is 9.95. The average molecular weight is 314 g/mol. The van der Waals surface area contributed by atoms with Crippen molar-refractivity contribution in [2.75, 3.05) is 19.3 Å². The van der Waals surface area contributed by atoms with Gasteiger partial charge in [0.2, 0.25) is 15.9 Å². The highest BCUT2D eigenvalue weighted by Gasteiger charge is 2.24. The summed E-state index contributed by atoms with van der Waals surface area (Å²) in [6.45, 7) is 0.770. The fourth-order valence-electron chi connectivity index (χ4n) is 2.60. The fraction of sp³-hybridized carbons (Fsp3) is 0.800. The number of nitrogens with one attached hydrogen (secondary N) is 1. The van der Waals surface area contributed by atoms with Gasteiger partial charge in [0, 0.05) is 25.6 Å². The van der Waals surface area contributed by atoms with E-state index in [4.69, 9.17) is 0 Å². The molecule has 0 radical (unpaired) electrons. The number of amides is 1. The molecule has 0 aromatic rings. The van der Waals surface area contributed by atoms with Crippen LogP contribution in [0.5, 0.6) is 0 Å². The van der Waals surface area contributed by atoms with Crippen molar-refractivity contribution in [2.24, 2.45) is 0 Å². The second-order valence-corrected chi connectivity index (χ2v) is 8.09. The van der Waals surface area contributed by atoms with E-state index in [-0.39, 0.29) is 18.9 Å². The zero-order chi connectivity index (χ0) is 15.3. The lowest BCUT2D eigenvalue weighted by atomic mass is 9.97. The molecule has 21 heavy (non-hydrogen) atoms. The van der Waals surface area contributed by atoms with Gasteiger partial charge in [0.1, 0.15) is 0 Å². The molecule has 0 unspecified atom stereocenters. The van der Waals surface area contributed by atoms with E-state index in [1.54, 1.807) is 0 Å². The third-order valence-corrected chi connectivity index (χ3v) is 5.37. The first-order valence-electron chi connectivity index (χ1n) is 7.87. The maximum atomic E-state index is 11.8. The first kappa shape index (κ1) is 16.5. The molecule has 0 aliphatic heterocycles. The molecular formula is C15H26N2O3S. The second kappa shape index (κ2) is 7.40. The molecule has 1 N–H and O–H groups in total. The van der Waals surface area contributed by atoms with Crippen molar-refractivity contribution in [3.05, 3.63) is 11.6 Å². The third kappa shape index (κ3) is 6.18. The smallest absolute Gasteiger partial charge is 0.221 e. The van der Waals surface area contributed by atoms with Crippen molar-refractivity contribution in [1.82, 2.24) is 9.62 Å². The predicted molar refractivity (Wildman–Crippen MR) is 83.4 cm³/mol. The molecule has 0 aromatic carbocycles. The summed E-state index contributed by atoms with van der Waals surface area (Å²) < 4.78 is 25.1. The number of rotatable bonds is 8. The van der Waals surface area contributed by atoms with Crippen LogP contribution in [0, 0.1) is 0 Å². The number of sulfonamides is 1. The lowest BCUT2D eigenvalue weighted by Crippen LogP contribution is -2.36. The molecule has 0 atom stereocenters. The Balaban J connectivity index is 1.79. The summed E-state index contributed by atoms with van der Waals surface area (Å²) in [7, 11) is -3.25. The standard InChI is InChI=1S/C15H26N2O3S/c1-21(19,20)17(11-9-13-5-3-2-4-6-13)12-10-15(18)16-14-7-8-14/h5,14H,2-4,6-12H2,1H3,(H,16,18). The minimum Gasteiger partial charge on any atom is -0.353 e. The van der Waals surface area contributed by atoms with Gasteiger partial charge in [-0.2, -0.15) is 0 Å². The highest BCUT2D eigenvalue weighted by molar-refractivity contribution is 7.88. The van der Waals surface area contributed by atoms with Crippen molar-refractivity contribution < 1.29 is 13.2 Å². The van der Waals surface area contributed by atoms with Crippen LogP contribution in [0.4, 0.5) is 0 Å². The molecule has 120 valence electrons. The van der Waals surface area contributed by atoms with Gasteiger partial charge in [-0.25, -0.2) is 12.7 Å². The Morgan fingerprint density at radius 2 is 2.10 bits per heavy atom. The lowest BCUT2D eigenvalue weighted by molar-refractivity contribution is -0.121. The SMILES string of the molecule is CS(=O)(=O)N(CCC(=O)NC1CC1)CCC1=CCCCC1. The Labute approximate surface area is 127 Å². The summed E-state index contributed by atoms with van der Waals surface area (Å²) in [5, 5.41) is 2.89. The van der Waals surface area contributed by atoms with E-state index >= 15 is 0 Å². The zero-order valence-corrected chi connectivity index (χ0v) is 13.6. The van der Waals surface area contributed by atoms with Gasteiger partial charge >= 0.3 is 0 Å². The summed E-state index contributed by atoms with van der Waals surface area (Å²) in [6, 6.07) is 0.330. The molecule has 1 fully saturated rings. The lowest BCUT2D eigenvalue weighted by Gasteiger charge is -2.21. The minimum absolute atomic E-state index is 0.0389. The first-order valence-corrected chi connectivity index (χ1v) is 9.72.